The molecule has 2 aromatic carbocycles. The van der Waals surface area contributed by atoms with Gasteiger partial charge in [-0.05, 0) is 43.2 Å². The highest BCUT2D eigenvalue weighted by atomic mass is 35.5. The van der Waals surface area contributed by atoms with Gasteiger partial charge >= 0.3 is 0 Å². The van der Waals surface area contributed by atoms with Crippen molar-refractivity contribution in [3.8, 4) is 0 Å². The second-order valence-corrected chi connectivity index (χ2v) is 9.64. The Morgan fingerprint density at radius 1 is 0.968 bits per heavy atom. The zero-order valence-electron chi connectivity index (χ0n) is 16.3. The molecule has 0 amide bonds. The normalized spacial score (nSPS) is 13.8. The Labute approximate surface area is 184 Å². The van der Waals surface area contributed by atoms with Gasteiger partial charge in [0.25, 0.3) is 0 Å². The predicted octanol–water partition coefficient (Wildman–Crippen LogP) is 5.00. The third-order valence-corrected chi connectivity index (χ3v) is 7.11. The summed E-state index contributed by atoms with van der Waals surface area (Å²) < 4.78 is 27.4. The van der Waals surface area contributed by atoms with Crippen molar-refractivity contribution in [2.75, 3.05) is 15.4 Å². The van der Waals surface area contributed by atoms with Crippen LogP contribution < -0.4 is 15.4 Å². The fourth-order valence-corrected chi connectivity index (χ4v) is 4.80. The molecule has 0 unspecified atom stereocenters. The van der Waals surface area contributed by atoms with E-state index < -0.39 is 10.0 Å². The van der Waals surface area contributed by atoms with Crippen LogP contribution in [-0.4, -0.2) is 28.6 Å². The van der Waals surface area contributed by atoms with Crippen LogP contribution >= 0.6 is 11.6 Å². The lowest BCUT2D eigenvalue weighted by Crippen LogP contribution is -2.18. The average molecular weight is 455 g/mol. The zero-order valence-corrected chi connectivity index (χ0v) is 17.8. The number of nitrogens with one attached hydrogen (secondary N) is 4. The number of aromatic amines is 1. The van der Waals surface area contributed by atoms with Crippen molar-refractivity contribution in [2.24, 2.45) is 0 Å². The van der Waals surface area contributed by atoms with Gasteiger partial charge in [-0.1, -0.05) is 29.8 Å². The predicted molar refractivity (Wildman–Crippen MR) is 124 cm³/mol. The summed E-state index contributed by atoms with van der Waals surface area (Å²) in [6.07, 6.45) is 4.73. The monoisotopic (exact) mass is 454 g/mol. The van der Waals surface area contributed by atoms with E-state index in [1.165, 1.54) is 6.20 Å². The Kier molecular flexibility index (Phi) is 4.91. The number of fused-ring (bicyclic) bond motifs is 1. The van der Waals surface area contributed by atoms with Gasteiger partial charge in [-0.3, -0.25) is 4.72 Å². The number of benzene rings is 2. The van der Waals surface area contributed by atoms with Crippen molar-refractivity contribution in [1.82, 2.24) is 15.0 Å². The van der Waals surface area contributed by atoms with Gasteiger partial charge in [-0.25, -0.2) is 13.4 Å². The van der Waals surface area contributed by atoms with Crippen LogP contribution in [0, 0.1) is 0 Å². The van der Waals surface area contributed by atoms with Crippen LogP contribution in [0.5, 0.6) is 0 Å². The quantitative estimate of drug-likeness (QED) is 0.312. The molecule has 0 saturated heterocycles. The number of hydrogen-bond donors (Lipinski definition) is 4. The number of sulfonamides is 1. The van der Waals surface area contributed by atoms with Crippen LogP contribution in [0.4, 0.5) is 28.8 Å². The molecule has 1 aliphatic rings. The van der Waals surface area contributed by atoms with Crippen molar-refractivity contribution in [2.45, 2.75) is 18.1 Å². The van der Waals surface area contributed by atoms with Crippen molar-refractivity contribution < 1.29 is 8.42 Å². The lowest BCUT2D eigenvalue weighted by molar-refractivity contribution is 0.600. The molecule has 31 heavy (non-hydrogen) atoms. The van der Waals surface area contributed by atoms with Crippen molar-refractivity contribution >= 4 is 61.4 Å². The molecule has 1 fully saturated rings. The van der Waals surface area contributed by atoms with Gasteiger partial charge in [0, 0.05) is 17.1 Å². The summed E-state index contributed by atoms with van der Waals surface area (Å²) in [5.74, 6) is 0.718. The first-order valence-electron chi connectivity index (χ1n) is 9.73. The number of halogens is 1. The Morgan fingerprint density at radius 2 is 1.74 bits per heavy atom. The third-order valence-electron chi connectivity index (χ3n) is 4.98. The van der Waals surface area contributed by atoms with Gasteiger partial charge in [0.2, 0.25) is 16.0 Å². The smallest absolute Gasteiger partial charge is 0.235 e. The number of nitrogens with zero attached hydrogens (tertiary/aromatic N) is 2. The lowest BCUT2D eigenvalue weighted by atomic mass is 10.2. The summed E-state index contributed by atoms with van der Waals surface area (Å²) in [7, 11) is -3.40. The highest BCUT2D eigenvalue weighted by Crippen LogP contribution is 2.34. The maximum absolute atomic E-state index is 12.4. The maximum atomic E-state index is 12.4. The molecule has 4 N–H and O–H groups in total. The van der Waals surface area contributed by atoms with Crippen LogP contribution in [0.3, 0.4) is 0 Å². The van der Waals surface area contributed by atoms with E-state index in [-0.39, 0.29) is 5.25 Å². The van der Waals surface area contributed by atoms with Crippen molar-refractivity contribution in [1.29, 1.82) is 0 Å². The standard InChI is InChI=1S/C21H19ClN6O2S/c22-15-12-24-21(26-17-7-3-6-16-14(17)10-11-23-16)27-20(15)25-18-4-1-2-5-19(18)28-31(29,30)13-8-9-13/h1-7,10-13,23,28H,8-9H2,(H2,24,25,26,27). The average Bonchev–Trinajstić information content (AvgIpc) is 3.51. The molecule has 1 saturated carbocycles. The molecule has 8 nitrogen and oxygen atoms in total. The van der Waals surface area contributed by atoms with Gasteiger partial charge in [-0.15, -0.1) is 0 Å². The number of hydrogen-bond acceptors (Lipinski definition) is 6. The second-order valence-electron chi connectivity index (χ2n) is 7.28. The molecular weight excluding hydrogens is 436 g/mol. The van der Waals surface area contributed by atoms with Crippen molar-refractivity contribution in [3.05, 3.63) is 65.9 Å². The molecule has 2 heterocycles. The zero-order chi connectivity index (χ0) is 21.4. The number of para-hydroxylation sites is 2. The van der Waals surface area contributed by atoms with E-state index in [9.17, 15) is 8.42 Å². The van der Waals surface area contributed by atoms with Crippen LogP contribution in [0.2, 0.25) is 5.02 Å². The Bertz CT molecular complexity index is 1370. The number of rotatable bonds is 7. The van der Waals surface area contributed by atoms with Gasteiger partial charge in [0.05, 0.1) is 28.5 Å². The Morgan fingerprint density at radius 3 is 2.55 bits per heavy atom. The largest absolute Gasteiger partial charge is 0.361 e. The molecule has 5 rings (SSSR count). The van der Waals surface area contributed by atoms with Gasteiger partial charge in [-0.2, -0.15) is 4.98 Å². The van der Waals surface area contributed by atoms with E-state index in [1.807, 2.05) is 30.5 Å². The summed E-state index contributed by atoms with van der Waals surface area (Å²) in [6, 6.07) is 14.8. The molecule has 0 atom stereocenters. The molecular formula is C21H19ClN6O2S. The molecule has 1 aliphatic carbocycles. The molecule has 158 valence electrons. The fourth-order valence-electron chi connectivity index (χ4n) is 3.25. The Hall–Kier alpha value is -3.30. The molecule has 10 heteroatoms. The third kappa shape index (κ3) is 4.14. The van der Waals surface area contributed by atoms with Crippen LogP contribution in [-0.2, 0) is 10.0 Å². The minimum atomic E-state index is -3.40. The van der Waals surface area contributed by atoms with E-state index in [4.69, 9.17) is 11.6 Å². The summed E-state index contributed by atoms with van der Waals surface area (Å²) in [6.45, 7) is 0. The van der Waals surface area contributed by atoms with Gasteiger partial charge in [0.1, 0.15) is 5.02 Å². The molecule has 0 radical (unpaired) electrons. The van der Waals surface area contributed by atoms with E-state index in [0.29, 0.717) is 41.0 Å². The molecule has 0 spiro atoms. The molecule has 0 bridgehead atoms. The van der Waals surface area contributed by atoms with E-state index in [0.717, 1.165) is 16.6 Å². The van der Waals surface area contributed by atoms with Gasteiger partial charge < -0.3 is 15.6 Å². The Balaban J connectivity index is 1.42. The summed E-state index contributed by atoms with van der Waals surface area (Å²) in [5.41, 5.74) is 2.83. The first-order chi connectivity index (χ1) is 15.0. The van der Waals surface area contributed by atoms with E-state index >= 15 is 0 Å². The number of H-pyrrole nitrogens is 1. The summed E-state index contributed by atoms with van der Waals surface area (Å²) in [5, 5.41) is 7.33. The van der Waals surface area contributed by atoms with Crippen LogP contribution in [0.25, 0.3) is 10.9 Å². The number of aromatic nitrogens is 3. The van der Waals surface area contributed by atoms with Crippen LogP contribution in [0.15, 0.2) is 60.9 Å². The lowest BCUT2D eigenvalue weighted by Gasteiger charge is -2.15. The maximum Gasteiger partial charge on any atom is 0.235 e. The van der Waals surface area contributed by atoms with Gasteiger partial charge in [0.15, 0.2) is 5.82 Å². The number of anilines is 5. The molecule has 2 aromatic heterocycles. The van der Waals surface area contributed by atoms with E-state index in [2.05, 4.69) is 30.3 Å². The summed E-state index contributed by atoms with van der Waals surface area (Å²) >= 11 is 6.31. The topological polar surface area (TPSA) is 112 Å². The highest BCUT2D eigenvalue weighted by Gasteiger charge is 2.36. The first-order valence-corrected chi connectivity index (χ1v) is 11.7. The minimum Gasteiger partial charge on any atom is -0.361 e. The first kappa shape index (κ1) is 19.7. The fraction of sp³-hybridized carbons (Fsp3) is 0.143. The summed E-state index contributed by atoms with van der Waals surface area (Å²) in [4.78, 5) is 11.9. The SMILES string of the molecule is O=S(=O)(Nc1ccccc1Nc1nc(Nc2cccc3[nH]ccc23)ncc1Cl)C1CC1. The van der Waals surface area contributed by atoms with Crippen molar-refractivity contribution in [3.63, 3.8) is 0 Å². The molecule has 0 aliphatic heterocycles. The second kappa shape index (κ2) is 7.75. The van der Waals surface area contributed by atoms with E-state index in [1.54, 1.807) is 24.3 Å². The highest BCUT2D eigenvalue weighted by molar-refractivity contribution is 7.93. The van der Waals surface area contributed by atoms with Crippen LogP contribution in [0.1, 0.15) is 12.8 Å². The minimum absolute atomic E-state index is 0.310. The molecule has 4 aromatic rings.